The van der Waals surface area contributed by atoms with Gasteiger partial charge in [0.1, 0.15) is 0 Å². The molecule has 1 saturated heterocycles. The molecule has 0 bridgehead atoms. The summed E-state index contributed by atoms with van der Waals surface area (Å²) in [4.78, 5) is 16.7. The van der Waals surface area contributed by atoms with E-state index in [4.69, 9.17) is 9.47 Å². The van der Waals surface area contributed by atoms with Crippen LogP contribution in [0.5, 0.6) is 0 Å². The lowest BCUT2D eigenvalue weighted by Gasteiger charge is -2.36. The molecule has 9 heteroatoms. The number of aromatic nitrogens is 2. The van der Waals surface area contributed by atoms with Gasteiger partial charge < -0.3 is 29.8 Å². The fraction of sp³-hybridized carbons (Fsp3) is 0.290. The standard InChI is InChI=1S/C31H34N4O4S/c1-35-16-15-32-31(35)40-21-27-17-28(25-11-9-24(20-36)10-12-25)39-29(38-27)26-13-7-23(8-14-26)19-34-30(37)33-18-22-5-3-2-4-6-22/h2-16,27-29,36H,17-21H2,1H3,(H2,33,34,37). The molecule has 0 saturated carbocycles. The molecule has 3 N–H and O–H groups in total. The van der Waals surface area contributed by atoms with Crippen LogP contribution in [0.4, 0.5) is 4.79 Å². The van der Waals surface area contributed by atoms with Gasteiger partial charge in [-0.3, -0.25) is 0 Å². The number of carbonyl (C=O) groups is 1. The van der Waals surface area contributed by atoms with Gasteiger partial charge in [0, 0.05) is 50.3 Å². The van der Waals surface area contributed by atoms with Crippen LogP contribution in [0.2, 0.25) is 0 Å². The van der Waals surface area contributed by atoms with Crippen LogP contribution in [0.15, 0.2) is 96.4 Å². The highest BCUT2D eigenvalue weighted by Crippen LogP contribution is 2.39. The second-order valence-corrected chi connectivity index (χ2v) is 10.7. The maximum absolute atomic E-state index is 12.2. The zero-order valence-corrected chi connectivity index (χ0v) is 23.2. The fourth-order valence-corrected chi connectivity index (χ4v) is 5.45. The Bertz CT molecular complexity index is 1360. The van der Waals surface area contributed by atoms with Gasteiger partial charge in [-0.1, -0.05) is 90.6 Å². The van der Waals surface area contributed by atoms with Crippen LogP contribution in [0, 0.1) is 0 Å². The summed E-state index contributed by atoms with van der Waals surface area (Å²) in [5.74, 6) is 0.746. The number of nitrogens with one attached hydrogen (secondary N) is 2. The van der Waals surface area contributed by atoms with E-state index in [9.17, 15) is 9.90 Å². The number of thioether (sulfide) groups is 1. The molecule has 3 atom stereocenters. The van der Waals surface area contributed by atoms with E-state index >= 15 is 0 Å². The van der Waals surface area contributed by atoms with Crippen molar-refractivity contribution in [3.05, 3.63) is 119 Å². The Morgan fingerprint density at radius 1 is 0.925 bits per heavy atom. The molecule has 3 aromatic carbocycles. The molecule has 0 aliphatic carbocycles. The summed E-state index contributed by atoms with van der Waals surface area (Å²) < 4.78 is 14.9. The van der Waals surface area contributed by atoms with Crippen molar-refractivity contribution in [2.45, 2.75) is 49.8 Å². The van der Waals surface area contributed by atoms with Crippen molar-refractivity contribution >= 4 is 17.8 Å². The second-order valence-electron chi connectivity index (χ2n) is 9.75. The van der Waals surface area contributed by atoms with Crippen molar-refractivity contribution in [3.63, 3.8) is 0 Å². The third-order valence-electron chi connectivity index (χ3n) is 6.79. The van der Waals surface area contributed by atoms with Crippen molar-refractivity contribution < 1.29 is 19.4 Å². The first-order valence-electron chi connectivity index (χ1n) is 13.3. The summed E-state index contributed by atoms with van der Waals surface area (Å²) >= 11 is 1.67. The summed E-state index contributed by atoms with van der Waals surface area (Å²) in [5.41, 5.74) is 4.87. The predicted octanol–water partition coefficient (Wildman–Crippen LogP) is 5.25. The number of carbonyl (C=O) groups excluding carboxylic acids is 1. The molecule has 0 radical (unpaired) electrons. The van der Waals surface area contributed by atoms with Gasteiger partial charge in [0.2, 0.25) is 0 Å². The molecule has 2 amide bonds. The SMILES string of the molecule is Cn1ccnc1SCC1CC(c2ccc(CO)cc2)OC(c2ccc(CNC(=O)NCc3ccccc3)cc2)O1. The first kappa shape index (κ1) is 27.9. The largest absolute Gasteiger partial charge is 0.392 e. The van der Waals surface area contributed by atoms with Crippen LogP contribution in [-0.2, 0) is 36.2 Å². The van der Waals surface area contributed by atoms with Crippen LogP contribution in [-0.4, -0.2) is 32.5 Å². The molecule has 1 fully saturated rings. The van der Waals surface area contributed by atoms with Gasteiger partial charge in [0.05, 0.1) is 18.8 Å². The van der Waals surface area contributed by atoms with Crippen molar-refractivity contribution in [1.29, 1.82) is 0 Å². The highest BCUT2D eigenvalue weighted by Gasteiger charge is 2.32. The average Bonchev–Trinajstić information content (AvgIpc) is 3.43. The number of nitrogens with zero attached hydrogens (tertiary/aromatic N) is 2. The third-order valence-corrected chi connectivity index (χ3v) is 7.98. The van der Waals surface area contributed by atoms with Gasteiger partial charge in [-0.05, 0) is 22.3 Å². The summed E-state index contributed by atoms with van der Waals surface area (Å²) in [6.45, 7) is 0.901. The number of aryl methyl sites for hydroxylation is 1. The van der Waals surface area contributed by atoms with Crippen LogP contribution in [0.25, 0.3) is 0 Å². The summed E-state index contributed by atoms with van der Waals surface area (Å²) in [6.07, 6.45) is 3.73. The quantitative estimate of drug-likeness (QED) is 0.230. The van der Waals surface area contributed by atoms with E-state index < -0.39 is 6.29 Å². The number of ether oxygens (including phenoxy) is 2. The number of hydrogen-bond donors (Lipinski definition) is 3. The molecule has 1 aliphatic heterocycles. The smallest absolute Gasteiger partial charge is 0.315 e. The maximum Gasteiger partial charge on any atom is 0.315 e. The second kappa shape index (κ2) is 13.6. The van der Waals surface area contributed by atoms with E-state index in [1.165, 1.54) is 0 Å². The van der Waals surface area contributed by atoms with Crippen molar-refractivity contribution in [1.82, 2.24) is 20.2 Å². The fourth-order valence-electron chi connectivity index (χ4n) is 4.50. The van der Waals surface area contributed by atoms with Gasteiger partial charge in [0.25, 0.3) is 0 Å². The van der Waals surface area contributed by atoms with E-state index in [1.807, 2.05) is 96.7 Å². The average molecular weight is 559 g/mol. The lowest BCUT2D eigenvalue weighted by atomic mass is 10.0. The minimum Gasteiger partial charge on any atom is -0.392 e. The molecule has 3 unspecified atom stereocenters. The molecule has 208 valence electrons. The molecular formula is C31H34N4O4S. The minimum atomic E-state index is -0.528. The molecule has 5 rings (SSSR count). The Morgan fingerprint density at radius 3 is 2.23 bits per heavy atom. The molecule has 1 aliphatic rings. The molecule has 1 aromatic heterocycles. The number of urea groups is 1. The van der Waals surface area contributed by atoms with E-state index in [-0.39, 0.29) is 24.8 Å². The van der Waals surface area contributed by atoms with Gasteiger partial charge in [0.15, 0.2) is 11.4 Å². The molecule has 8 nitrogen and oxygen atoms in total. The van der Waals surface area contributed by atoms with Crippen LogP contribution in [0.1, 0.15) is 46.6 Å². The molecule has 2 heterocycles. The summed E-state index contributed by atoms with van der Waals surface area (Å²) in [5, 5.41) is 16.2. The highest BCUT2D eigenvalue weighted by atomic mass is 32.2. The molecule has 4 aromatic rings. The predicted molar refractivity (Wildman–Crippen MR) is 154 cm³/mol. The Balaban J connectivity index is 1.21. The van der Waals surface area contributed by atoms with Crippen molar-refractivity contribution in [3.8, 4) is 0 Å². The van der Waals surface area contributed by atoms with E-state index in [0.29, 0.717) is 19.5 Å². The van der Waals surface area contributed by atoms with Crippen molar-refractivity contribution in [2.75, 3.05) is 5.75 Å². The Labute approximate surface area is 238 Å². The van der Waals surface area contributed by atoms with Gasteiger partial charge in [-0.25, -0.2) is 9.78 Å². The number of aliphatic hydroxyl groups is 1. The number of rotatable bonds is 10. The van der Waals surface area contributed by atoms with Crippen LogP contribution in [0.3, 0.4) is 0 Å². The number of aliphatic hydroxyl groups excluding tert-OH is 1. The number of imidazole rings is 1. The minimum absolute atomic E-state index is 0.0103. The van der Waals surface area contributed by atoms with Gasteiger partial charge >= 0.3 is 6.03 Å². The maximum atomic E-state index is 12.2. The van der Waals surface area contributed by atoms with Gasteiger partial charge in [-0.15, -0.1) is 0 Å². The third kappa shape index (κ3) is 7.51. The zero-order valence-electron chi connectivity index (χ0n) is 22.4. The first-order chi connectivity index (χ1) is 19.6. The monoisotopic (exact) mass is 558 g/mol. The van der Waals surface area contributed by atoms with E-state index in [0.717, 1.165) is 38.7 Å². The van der Waals surface area contributed by atoms with Gasteiger partial charge in [-0.2, -0.15) is 0 Å². The van der Waals surface area contributed by atoms with E-state index in [1.54, 1.807) is 18.0 Å². The van der Waals surface area contributed by atoms with Crippen LogP contribution >= 0.6 is 11.8 Å². The van der Waals surface area contributed by atoms with E-state index in [2.05, 4.69) is 15.6 Å². The summed E-state index contributed by atoms with van der Waals surface area (Å²) in [6, 6.07) is 25.4. The number of hydrogen-bond acceptors (Lipinski definition) is 6. The molecular weight excluding hydrogens is 524 g/mol. The van der Waals surface area contributed by atoms with Crippen molar-refractivity contribution in [2.24, 2.45) is 7.05 Å². The zero-order chi connectivity index (χ0) is 27.7. The Hall–Kier alpha value is -3.63. The Morgan fingerprint density at radius 2 is 1.57 bits per heavy atom. The topological polar surface area (TPSA) is 97.6 Å². The lowest BCUT2D eigenvalue weighted by Crippen LogP contribution is -2.34. The summed E-state index contributed by atoms with van der Waals surface area (Å²) in [7, 11) is 1.98. The molecule has 40 heavy (non-hydrogen) atoms. The number of benzene rings is 3. The van der Waals surface area contributed by atoms with Crippen LogP contribution < -0.4 is 10.6 Å². The molecule has 0 spiro atoms. The highest BCUT2D eigenvalue weighted by molar-refractivity contribution is 7.99. The first-order valence-corrected chi connectivity index (χ1v) is 14.3. The normalized spacial score (nSPS) is 18.8. The Kier molecular flexibility index (Phi) is 9.51. The number of amides is 2. The lowest BCUT2D eigenvalue weighted by molar-refractivity contribution is -0.245.